The molecule has 130 valence electrons. The zero-order valence-electron chi connectivity index (χ0n) is 12.7. The molecule has 22 heavy (non-hydrogen) atoms. The molecule has 0 radical (unpaired) electrons. The fourth-order valence-corrected chi connectivity index (χ4v) is 1.28. The summed E-state index contributed by atoms with van der Waals surface area (Å²) in [6.45, 7) is 4.69. The van der Waals surface area contributed by atoms with E-state index < -0.39 is 20.6 Å². The normalized spacial score (nSPS) is 13.1. The number of carbonyl (C=O) groups excluding carboxylic acids is 1. The van der Waals surface area contributed by atoms with E-state index in [1.165, 1.54) is 6.92 Å². The number of hydrogen-bond acceptors (Lipinski definition) is 10. The summed E-state index contributed by atoms with van der Waals surface area (Å²) in [5.74, 6) is 32.2. The third-order valence-electron chi connectivity index (χ3n) is 2.35. The van der Waals surface area contributed by atoms with Crippen molar-refractivity contribution >= 4 is 5.97 Å². The van der Waals surface area contributed by atoms with Gasteiger partial charge in [0.1, 0.15) is 0 Å². The maximum atomic E-state index is 11.2. The number of hydrogen-bond donors (Lipinski definition) is 7. The van der Waals surface area contributed by atoms with Crippen molar-refractivity contribution in [3.63, 3.8) is 0 Å². The molecule has 0 aliphatic heterocycles. The van der Waals surface area contributed by atoms with Crippen LogP contribution in [0.4, 0.5) is 0 Å². The third-order valence-corrected chi connectivity index (χ3v) is 2.35. The first-order valence-electron chi connectivity index (χ1n) is 6.36. The van der Waals surface area contributed by atoms with Crippen molar-refractivity contribution in [2.24, 2.45) is 35.1 Å². The van der Waals surface area contributed by atoms with Crippen molar-refractivity contribution in [3.8, 4) is 0 Å². The van der Waals surface area contributed by atoms with E-state index >= 15 is 0 Å². The molecule has 0 aromatic heterocycles. The zero-order valence-corrected chi connectivity index (χ0v) is 12.7. The number of quaternary nitrogens is 3. The monoisotopic (exact) mass is 326 g/mol. The van der Waals surface area contributed by atoms with Crippen LogP contribution in [-0.4, -0.2) is 52.0 Å². The summed E-state index contributed by atoms with van der Waals surface area (Å²) < 4.78 is 4.87. The van der Waals surface area contributed by atoms with Crippen molar-refractivity contribution in [2.75, 3.05) is 26.2 Å². The van der Waals surface area contributed by atoms with Gasteiger partial charge in [-0.05, 0) is 11.8 Å². The van der Waals surface area contributed by atoms with Gasteiger partial charge in [-0.25, -0.2) is 4.79 Å². The average molecular weight is 326 g/mol. The van der Waals surface area contributed by atoms with Crippen LogP contribution < -0.4 is 35.1 Å². The van der Waals surface area contributed by atoms with Crippen LogP contribution in [0.2, 0.25) is 0 Å². The number of nitrogens with zero attached hydrogens (tertiary/aromatic N) is 3. The van der Waals surface area contributed by atoms with Crippen molar-refractivity contribution in [3.05, 3.63) is 12.2 Å². The first-order chi connectivity index (χ1) is 9.74. The lowest BCUT2D eigenvalue weighted by molar-refractivity contribution is -1.37. The quantitative estimate of drug-likeness (QED) is 0.0523. The molecular weight excluding hydrogens is 298 g/mol. The Morgan fingerprint density at radius 2 is 1.55 bits per heavy atom. The molecule has 0 aliphatic rings. The molecule has 0 saturated heterocycles. The van der Waals surface area contributed by atoms with E-state index in [1.807, 2.05) is 0 Å². The molecule has 0 spiro atoms. The maximum Gasteiger partial charge on any atom is 0.333 e. The van der Waals surface area contributed by atoms with Crippen molar-refractivity contribution < 1.29 is 34.3 Å². The van der Waals surface area contributed by atoms with Crippen LogP contribution in [-0.2, 0) is 14.5 Å². The van der Waals surface area contributed by atoms with Gasteiger partial charge >= 0.3 is 5.97 Å². The lowest BCUT2D eigenvalue weighted by Crippen LogP contribution is -2.75. The van der Waals surface area contributed by atoms with Crippen molar-refractivity contribution in [1.82, 2.24) is 0 Å². The van der Waals surface area contributed by atoms with E-state index in [4.69, 9.17) is 49.9 Å². The number of carbonyl (C=O) groups is 1. The Bertz CT molecular complexity index is 393. The van der Waals surface area contributed by atoms with Gasteiger partial charge in [0.25, 0.3) is 0 Å². The van der Waals surface area contributed by atoms with Crippen molar-refractivity contribution in [1.29, 1.82) is 0 Å². The van der Waals surface area contributed by atoms with Gasteiger partial charge in [0.05, 0.1) is 11.5 Å². The summed E-state index contributed by atoms with van der Waals surface area (Å²) in [6, 6.07) is 0. The van der Waals surface area contributed by atoms with E-state index in [9.17, 15) is 4.79 Å². The van der Waals surface area contributed by atoms with Crippen LogP contribution in [0.5, 0.6) is 0 Å². The molecule has 13 heteroatoms. The highest BCUT2D eigenvalue weighted by Crippen LogP contribution is 2.02. The number of ether oxygens (including phenoxy) is 1. The minimum absolute atomic E-state index is 0.0439. The zero-order chi connectivity index (χ0) is 17.6. The summed E-state index contributed by atoms with van der Waals surface area (Å²) in [7, 11) is 0. The molecule has 13 nitrogen and oxygen atoms in total. The molecule has 13 N–H and O–H groups in total. The Balaban J connectivity index is 4.21. The Labute approximate surface area is 128 Å². The van der Waals surface area contributed by atoms with Crippen LogP contribution in [0.25, 0.3) is 0 Å². The molecule has 0 aromatic carbocycles. The Hall–Kier alpha value is -1.23. The molecule has 0 bridgehead atoms. The molecule has 0 heterocycles. The van der Waals surface area contributed by atoms with Crippen LogP contribution in [0.15, 0.2) is 12.2 Å². The molecule has 0 fully saturated rings. The third kappa shape index (κ3) is 10.5. The Kier molecular flexibility index (Phi) is 7.42. The van der Waals surface area contributed by atoms with Gasteiger partial charge in [-0.15, -0.1) is 35.1 Å². The number of rotatable bonds is 10. The molecule has 0 saturated carbocycles. The minimum Gasteiger partial charge on any atom is -0.462 e. The summed E-state index contributed by atoms with van der Waals surface area (Å²) in [5, 5.41) is 9.14. The molecule has 0 aliphatic carbocycles. The van der Waals surface area contributed by atoms with E-state index in [1.54, 1.807) is 0 Å². The van der Waals surface area contributed by atoms with Crippen LogP contribution in [0.3, 0.4) is 0 Å². The SMILES string of the molecule is C=C(C)C(=O)OCCC[N+](N)(N)O[N+](N)(N)CC[N+](N)(N)O. The number of nitrogens with two attached hydrogens (primary N) is 6. The van der Waals surface area contributed by atoms with E-state index in [2.05, 4.69) is 6.58 Å². The van der Waals surface area contributed by atoms with Gasteiger partial charge in [0.2, 0.25) is 13.1 Å². The van der Waals surface area contributed by atoms with Gasteiger partial charge < -0.3 is 4.74 Å². The second kappa shape index (κ2) is 7.86. The predicted molar refractivity (Wildman–Crippen MR) is 73.8 cm³/mol. The highest BCUT2D eigenvalue weighted by atomic mass is 17.0. The Morgan fingerprint density at radius 3 is 2.00 bits per heavy atom. The van der Waals surface area contributed by atoms with Crippen LogP contribution in [0.1, 0.15) is 13.3 Å². The summed E-state index contributed by atoms with van der Waals surface area (Å²) in [4.78, 5) is 12.8. The molecule has 0 unspecified atom stereocenters. The lowest BCUT2D eigenvalue weighted by Gasteiger charge is -2.29. The summed E-state index contributed by atoms with van der Waals surface area (Å²) in [5.41, 5.74) is 0.284. The minimum atomic E-state index is -1.33. The Morgan fingerprint density at radius 1 is 1.05 bits per heavy atom. The van der Waals surface area contributed by atoms with E-state index in [-0.39, 0.29) is 31.8 Å². The molecule has 0 amide bonds. The topological polar surface area (TPSA) is 212 Å². The summed E-state index contributed by atoms with van der Waals surface area (Å²) >= 11 is 0. The lowest BCUT2D eigenvalue weighted by atomic mass is 10.3. The fourth-order valence-electron chi connectivity index (χ4n) is 1.28. The number of esters is 1. The fraction of sp³-hybridized carbons (Fsp3) is 0.667. The maximum absolute atomic E-state index is 11.2. The molecule has 0 atom stereocenters. The second-order valence-corrected chi connectivity index (χ2v) is 5.12. The number of hydroxylamine groups is 3. The van der Waals surface area contributed by atoms with E-state index in [0.717, 1.165) is 0 Å². The highest BCUT2D eigenvalue weighted by molar-refractivity contribution is 5.86. The molecule has 0 rings (SSSR count). The van der Waals surface area contributed by atoms with Gasteiger partial charge in [-0.3, -0.25) is 0 Å². The van der Waals surface area contributed by atoms with Crippen molar-refractivity contribution in [2.45, 2.75) is 13.3 Å². The largest absolute Gasteiger partial charge is 0.462 e. The highest BCUT2D eigenvalue weighted by Gasteiger charge is 2.38. The first kappa shape index (κ1) is 20.8. The summed E-state index contributed by atoms with van der Waals surface area (Å²) in [6.07, 6.45) is 0.291. The van der Waals surface area contributed by atoms with Gasteiger partial charge in [-0.1, -0.05) is 6.58 Å². The van der Waals surface area contributed by atoms with Gasteiger partial charge in [0.15, 0.2) is 6.54 Å². The van der Waals surface area contributed by atoms with Gasteiger partial charge in [0, 0.05) is 21.7 Å². The standard InChI is InChI=1S/C9H28N9O4/c1-8(2)9(19)21-7-3-4-17(12,13)22-18(14,15)6-5-16(10,11)20/h20H,1,3-7,10-15H2,2H3/q+3. The van der Waals surface area contributed by atoms with Gasteiger partial charge in [-0.2, -0.15) is 5.21 Å². The van der Waals surface area contributed by atoms with Crippen LogP contribution >= 0.6 is 0 Å². The second-order valence-electron chi connectivity index (χ2n) is 5.12. The van der Waals surface area contributed by atoms with E-state index in [0.29, 0.717) is 6.42 Å². The predicted octanol–water partition coefficient (Wildman–Crippen LogP) is -3.58. The van der Waals surface area contributed by atoms with Crippen LogP contribution in [0, 0.1) is 0 Å². The molecule has 0 aromatic rings. The smallest absolute Gasteiger partial charge is 0.333 e. The first-order valence-corrected chi connectivity index (χ1v) is 6.36. The average Bonchev–Trinajstić information content (AvgIpc) is 2.30. The molecular formula is C9H28N9O4+3.